The van der Waals surface area contributed by atoms with E-state index in [4.69, 9.17) is 0 Å². The molecule has 0 saturated carbocycles. The summed E-state index contributed by atoms with van der Waals surface area (Å²) >= 11 is 0. The Morgan fingerprint density at radius 3 is 3.00 bits per heavy atom. The van der Waals surface area contributed by atoms with Crippen LogP contribution in [-0.2, 0) is 6.54 Å². The van der Waals surface area contributed by atoms with Gasteiger partial charge in [-0.3, -0.25) is 0 Å². The average molecular weight is 126 g/mol. The van der Waals surface area contributed by atoms with Crippen molar-refractivity contribution < 1.29 is 5.73 Å². The molecule has 0 fully saturated rings. The van der Waals surface area contributed by atoms with E-state index in [0.29, 0.717) is 6.04 Å². The number of quaternary nitrogens is 1. The van der Waals surface area contributed by atoms with Gasteiger partial charge in [-0.2, -0.15) is 0 Å². The molecule has 1 heterocycles. The highest BCUT2D eigenvalue weighted by Gasteiger charge is 1.96. The molecule has 9 heavy (non-hydrogen) atoms. The van der Waals surface area contributed by atoms with Gasteiger partial charge in [0.15, 0.2) is 0 Å². The van der Waals surface area contributed by atoms with Crippen LogP contribution >= 0.6 is 0 Å². The van der Waals surface area contributed by atoms with Gasteiger partial charge in [0.1, 0.15) is 0 Å². The maximum absolute atomic E-state index is 3.91. The van der Waals surface area contributed by atoms with Gasteiger partial charge in [-0.25, -0.2) is 4.98 Å². The molecule has 1 aromatic heterocycles. The molecule has 0 spiro atoms. The Kier molecular flexibility index (Phi) is 1.85. The molecule has 3 N–H and O–H groups in total. The van der Waals surface area contributed by atoms with Crippen molar-refractivity contribution in [1.29, 1.82) is 0 Å². The fourth-order valence-electron chi connectivity index (χ4n) is 0.755. The molecule has 3 heteroatoms. The van der Waals surface area contributed by atoms with Gasteiger partial charge in [-0.05, 0) is 6.92 Å². The summed E-state index contributed by atoms with van der Waals surface area (Å²) in [6.45, 7) is 3.04. The summed E-state index contributed by atoms with van der Waals surface area (Å²) in [5.41, 5.74) is 3.86. The van der Waals surface area contributed by atoms with Gasteiger partial charge < -0.3 is 10.3 Å². The van der Waals surface area contributed by atoms with Gasteiger partial charge in [-0.1, -0.05) is 0 Å². The number of aromatic nitrogens is 2. The van der Waals surface area contributed by atoms with Gasteiger partial charge in [0.25, 0.3) is 0 Å². The van der Waals surface area contributed by atoms with E-state index < -0.39 is 0 Å². The third-order valence-corrected chi connectivity index (χ3v) is 1.08. The van der Waals surface area contributed by atoms with Crippen molar-refractivity contribution in [2.75, 3.05) is 0 Å². The second kappa shape index (κ2) is 2.64. The Morgan fingerprint density at radius 1 is 1.78 bits per heavy atom. The van der Waals surface area contributed by atoms with Crippen molar-refractivity contribution in [2.45, 2.75) is 19.5 Å². The van der Waals surface area contributed by atoms with Crippen LogP contribution in [0.5, 0.6) is 0 Å². The number of rotatable bonds is 2. The number of hydrogen-bond donors (Lipinski definition) is 1. The van der Waals surface area contributed by atoms with Crippen LogP contribution in [-0.4, -0.2) is 15.6 Å². The predicted molar refractivity (Wildman–Crippen MR) is 34.6 cm³/mol. The number of hydrogen-bond acceptors (Lipinski definition) is 1. The van der Waals surface area contributed by atoms with Crippen LogP contribution in [0.3, 0.4) is 0 Å². The minimum Gasteiger partial charge on any atom is -0.354 e. The molecule has 0 aliphatic carbocycles. The van der Waals surface area contributed by atoms with Gasteiger partial charge in [0.2, 0.25) is 0 Å². The fourth-order valence-corrected chi connectivity index (χ4v) is 0.755. The minimum absolute atomic E-state index is 0.458. The maximum atomic E-state index is 3.91. The molecule has 0 aliphatic heterocycles. The summed E-state index contributed by atoms with van der Waals surface area (Å²) in [6, 6.07) is 0.458. The van der Waals surface area contributed by atoms with Crippen molar-refractivity contribution >= 4 is 0 Å². The molecule has 0 bridgehead atoms. The summed E-state index contributed by atoms with van der Waals surface area (Å²) in [6.07, 6.45) is 5.53. The summed E-state index contributed by atoms with van der Waals surface area (Å²) in [5, 5.41) is 0. The van der Waals surface area contributed by atoms with E-state index in [1.807, 2.05) is 17.1 Å². The zero-order valence-corrected chi connectivity index (χ0v) is 5.62. The highest BCUT2D eigenvalue weighted by molar-refractivity contribution is 4.74. The zero-order valence-electron chi connectivity index (χ0n) is 5.62. The average Bonchev–Trinajstić information content (AvgIpc) is 2.15. The Morgan fingerprint density at radius 2 is 2.56 bits per heavy atom. The predicted octanol–water partition coefficient (Wildman–Crippen LogP) is -0.487. The molecule has 0 aliphatic rings. The van der Waals surface area contributed by atoms with E-state index in [1.165, 1.54) is 0 Å². The topological polar surface area (TPSA) is 45.5 Å². The van der Waals surface area contributed by atoms with E-state index in [1.54, 1.807) is 6.20 Å². The van der Waals surface area contributed by atoms with Crippen LogP contribution in [0.25, 0.3) is 0 Å². The molecule has 0 unspecified atom stereocenters. The Labute approximate surface area is 54.5 Å². The lowest BCUT2D eigenvalue weighted by molar-refractivity contribution is -0.416. The molecule has 0 radical (unpaired) electrons. The van der Waals surface area contributed by atoms with Crippen LogP contribution in [0.2, 0.25) is 0 Å². The van der Waals surface area contributed by atoms with E-state index in [2.05, 4.69) is 17.6 Å². The van der Waals surface area contributed by atoms with Crippen molar-refractivity contribution in [2.24, 2.45) is 0 Å². The van der Waals surface area contributed by atoms with Gasteiger partial charge in [-0.15, -0.1) is 0 Å². The molecule has 1 aromatic rings. The standard InChI is InChI=1S/C6H11N3/c1-6(7)4-9-3-2-8-5-9/h2-3,5-6H,4,7H2,1H3/p+1/t6-/m0/s1. The lowest BCUT2D eigenvalue weighted by Crippen LogP contribution is -2.60. The molecule has 0 amide bonds. The zero-order chi connectivity index (χ0) is 6.69. The molecule has 1 atom stereocenters. The third-order valence-electron chi connectivity index (χ3n) is 1.08. The Hall–Kier alpha value is -0.830. The molecule has 50 valence electrons. The molecular weight excluding hydrogens is 114 g/mol. The highest BCUT2D eigenvalue weighted by Crippen LogP contribution is 1.85. The number of imidazole rings is 1. The second-order valence-electron chi connectivity index (χ2n) is 2.36. The van der Waals surface area contributed by atoms with Gasteiger partial charge >= 0.3 is 0 Å². The van der Waals surface area contributed by atoms with Crippen LogP contribution < -0.4 is 5.73 Å². The van der Waals surface area contributed by atoms with E-state index >= 15 is 0 Å². The SMILES string of the molecule is C[C@H]([NH3+])Cn1ccnc1. The molecule has 0 aromatic carbocycles. The third kappa shape index (κ3) is 1.85. The molecule has 1 rings (SSSR count). The second-order valence-corrected chi connectivity index (χ2v) is 2.36. The monoisotopic (exact) mass is 126 g/mol. The maximum Gasteiger partial charge on any atom is 0.0996 e. The smallest absolute Gasteiger partial charge is 0.0996 e. The quantitative estimate of drug-likeness (QED) is 0.571. The van der Waals surface area contributed by atoms with Crippen LogP contribution in [0.1, 0.15) is 6.92 Å². The largest absolute Gasteiger partial charge is 0.354 e. The fraction of sp³-hybridized carbons (Fsp3) is 0.500. The van der Waals surface area contributed by atoms with Gasteiger partial charge in [0, 0.05) is 12.4 Å². The first-order chi connectivity index (χ1) is 4.29. The van der Waals surface area contributed by atoms with Crippen molar-refractivity contribution in [3.8, 4) is 0 Å². The Balaban J connectivity index is 2.48. The first-order valence-electron chi connectivity index (χ1n) is 3.08. The first-order valence-corrected chi connectivity index (χ1v) is 3.08. The van der Waals surface area contributed by atoms with E-state index in [0.717, 1.165) is 6.54 Å². The molecular formula is C6H12N3+. The van der Waals surface area contributed by atoms with Crippen LogP contribution in [0.15, 0.2) is 18.7 Å². The summed E-state index contributed by atoms with van der Waals surface area (Å²) in [7, 11) is 0. The molecule has 3 nitrogen and oxygen atoms in total. The first kappa shape index (κ1) is 6.29. The highest BCUT2D eigenvalue weighted by atomic mass is 15.0. The minimum atomic E-state index is 0.458. The van der Waals surface area contributed by atoms with Crippen molar-refractivity contribution in [3.05, 3.63) is 18.7 Å². The summed E-state index contributed by atoms with van der Waals surface area (Å²) < 4.78 is 2.03. The Bertz CT molecular complexity index is 155. The van der Waals surface area contributed by atoms with Crippen LogP contribution in [0.4, 0.5) is 0 Å². The lowest BCUT2D eigenvalue weighted by Gasteiger charge is -2.00. The van der Waals surface area contributed by atoms with Crippen molar-refractivity contribution in [3.63, 3.8) is 0 Å². The normalized spacial score (nSPS) is 13.6. The summed E-state index contributed by atoms with van der Waals surface area (Å²) in [4.78, 5) is 3.91. The van der Waals surface area contributed by atoms with E-state index in [9.17, 15) is 0 Å². The van der Waals surface area contributed by atoms with Crippen molar-refractivity contribution in [1.82, 2.24) is 9.55 Å². The van der Waals surface area contributed by atoms with Crippen LogP contribution in [0, 0.1) is 0 Å². The van der Waals surface area contributed by atoms with E-state index in [-0.39, 0.29) is 0 Å². The number of nitrogens with zero attached hydrogens (tertiary/aromatic N) is 2. The summed E-state index contributed by atoms with van der Waals surface area (Å²) in [5.74, 6) is 0. The molecule has 0 saturated heterocycles. The lowest BCUT2D eigenvalue weighted by atomic mass is 10.4. The van der Waals surface area contributed by atoms with Gasteiger partial charge in [0.05, 0.1) is 18.9 Å².